The van der Waals surface area contributed by atoms with Crippen LogP contribution in [0, 0.1) is 0 Å². The molecule has 0 radical (unpaired) electrons. The third-order valence-electron chi connectivity index (χ3n) is 3.51. The van der Waals surface area contributed by atoms with Crippen LogP contribution in [0.15, 0.2) is 48.0 Å². The molecule has 0 fully saturated rings. The lowest BCUT2D eigenvalue weighted by Gasteiger charge is -2.18. The molecule has 3 aromatic rings. The van der Waals surface area contributed by atoms with Crippen LogP contribution in [0.3, 0.4) is 0 Å². The van der Waals surface area contributed by atoms with Gasteiger partial charge in [0.25, 0.3) is 5.91 Å². The molecule has 0 aliphatic rings. The number of anilines is 1. The molecule has 2 heterocycles. The number of thiazole rings is 1. The molecule has 25 heavy (non-hydrogen) atoms. The molecule has 0 N–H and O–H groups in total. The maximum atomic E-state index is 12.8. The van der Waals surface area contributed by atoms with Crippen molar-refractivity contribution in [1.29, 1.82) is 0 Å². The van der Waals surface area contributed by atoms with Crippen molar-refractivity contribution in [3.05, 3.63) is 63.7 Å². The van der Waals surface area contributed by atoms with E-state index in [1.807, 2.05) is 18.4 Å². The van der Waals surface area contributed by atoms with Gasteiger partial charge in [-0.05, 0) is 36.8 Å². The molecule has 0 aliphatic heterocycles. The van der Waals surface area contributed by atoms with Gasteiger partial charge in [0, 0.05) is 28.7 Å². The molecule has 0 aliphatic carbocycles. The van der Waals surface area contributed by atoms with Crippen molar-refractivity contribution in [1.82, 2.24) is 9.97 Å². The number of amides is 1. The van der Waals surface area contributed by atoms with Gasteiger partial charge in [0.15, 0.2) is 5.13 Å². The molecule has 1 aromatic carbocycles. The van der Waals surface area contributed by atoms with Crippen LogP contribution in [-0.4, -0.2) is 22.4 Å². The summed E-state index contributed by atoms with van der Waals surface area (Å²) in [5, 5.41) is 3.61. The van der Waals surface area contributed by atoms with Gasteiger partial charge in [-0.3, -0.25) is 14.7 Å². The minimum absolute atomic E-state index is 0.162. The highest BCUT2D eigenvalue weighted by molar-refractivity contribution is 7.14. The molecular formula is C18H15Cl2N3OS. The summed E-state index contributed by atoms with van der Waals surface area (Å²) in [7, 11) is 0. The van der Waals surface area contributed by atoms with Crippen LogP contribution >= 0.6 is 34.5 Å². The molecule has 3 rings (SSSR count). The van der Waals surface area contributed by atoms with Gasteiger partial charge in [-0.15, -0.1) is 11.3 Å². The number of benzene rings is 1. The van der Waals surface area contributed by atoms with Crippen LogP contribution in [0.1, 0.15) is 23.8 Å². The van der Waals surface area contributed by atoms with E-state index in [9.17, 15) is 4.79 Å². The van der Waals surface area contributed by atoms with Crippen molar-refractivity contribution in [2.24, 2.45) is 0 Å². The summed E-state index contributed by atoms with van der Waals surface area (Å²) in [6.45, 7) is 2.58. The van der Waals surface area contributed by atoms with Crippen molar-refractivity contribution in [2.45, 2.75) is 13.3 Å². The topological polar surface area (TPSA) is 46.1 Å². The Morgan fingerprint density at radius 3 is 2.76 bits per heavy atom. The van der Waals surface area contributed by atoms with Crippen LogP contribution in [0.4, 0.5) is 5.13 Å². The summed E-state index contributed by atoms with van der Waals surface area (Å²) < 4.78 is 0. The number of halogens is 2. The van der Waals surface area contributed by atoms with Crippen molar-refractivity contribution < 1.29 is 4.79 Å². The quantitative estimate of drug-likeness (QED) is 0.570. The Labute approximate surface area is 160 Å². The van der Waals surface area contributed by atoms with E-state index in [0.717, 1.165) is 17.7 Å². The van der Waals surface area contributed by atoms with E-state index >= 15 is 0 Å². The lowest BCUT2D eigenvalue weighted by atomic mass is 10.2. The van der Waals surface area contributed by atoms with Crippen LogP contribution in [-0.2, 0) is 0 Å². The number of carbonyl (C=O) groups is 1. The predicted octanol–water partition coefficient (Wildman–Crippen LogP) is 5.57. The Bertz CT molecular complexity index is 883. The summed E-state index contributed by atoms with van der Waals surface area (Å²) in [5.41, 5.74) is 1.91. The van der Waals surface area contributed by atoms with Crippen LogP contribution in [0.5, 0.6) is 0 Å². The fourth-order valence-electron chi connectivity index (χ4n) is 2.34. The molecule has 4 nitrogen and oxygen atoms in total. The summed E-state index contributed by atoms with van der Waals surface area (Å²) in [6.07, 6.45) is 2.42. The lowest BCUT2D eigenvalue weighted by molar-refractivity contribution is 0.0982. The monoisotopic (exact) mass is 391 g/mol. The molecule has 0 bridgehead atoms. The lowest BCUT2D eigenvalue weighted by Crippen LogP contribution is -2.32. The summed E-state index contributed by atoms with van der Waals surface area (Å²) in [5.74, 6) is -0.162. The first-order chi connectivity index (χ1) is 12.1. The number of rotatable bonds is 5. The highest BCUT2D eigenvalue weighted by Crippen LogP contribution is 2.33. The van der Waals surface area contributed by atoms with Crippen LogP contribution in [0.25, 0.3) is 11.3 Å². The van der Waals surface area contributed by atoms with Crippen molar-refractivity contribution in [2.75, 3.05) is 11.4 Å². The minimum Gasteiger partial charge on any atom is -0.283 e. The van der Waals surface area contributed by atoms with E-state index in [-0.39, 0.29) is 5.91 Å². The van der Waals surface area contributed by atoms with Gasteiger partial charge in [-0.25, -0.2) is 4.98 Å². The maximum absolute atomic E-state index is 12.8. The standard InChI is InChI=1S/C18H15Cl2N3OS/c1-2-9-23(17(24)15-5-3-4-8-21-15)18-22-16(11-25-18)13-7-6-12(19)10-14(13)20/h3-8,10-11H,2,9H2,1H3. The second-order valence-electron chi connectivity index (χ2n) is 5.31. The smallest absolute Gasteiger partial charge is 0.278 e. The number of hydrogen-bond acceptors (Lipinski definition) is 4. The Hall–Kier alpha value is -1.95. The molecule has 0 saturated carbocycles. The SMILES string of the molecule is CCCN(C(=O)c1ccccn1)c1nc(-c2ccc(Cl)cc2Cl)cs1. The number of aromatic nitrogens is 2. The molecular weight excluding hydrogens is 377 g/mol. The fraction of sp³-hybridized carbons (Fsp3) is 0.167. The summed E-state index contributed by atoms with van der Waals surface area (Å²) >= 11 is 13.6. The second kappa shape index (κ2) is 7.95. The van der Waals surface area contributed by atoms with Gasteiger partial charge < -0.3 is 0 Å². The van der Waals surface area contributed by atoms with E-state index < -0.39 is 0 Å². The molecule has 128 valence electrons. The minimum atomic E-state index is -0.162. The summed E-state index contributed by atoms with van der Waals surface area (Å²) in [6, 6.07) is 10.6. The third-order valence-corrected chi connectivity index (χ3v) is 4.92. The second-order valence-corrected chi connectivity index (χ2v) is 6.99. The normalized spacial score (nSPS) is 10.7. The van der Waals surface area contributed by atoms with Gasteiger partial charge in [0.2, 0.25) is 0 Å². The van der Waals surface area contributed by atoms with E-state index in [4.69, 9.17) is 23.2 Å². The van der Waals surface area contributed by atoms with E-state index in [1.54, 1.807) is 41.4 Å². The Morgan fingerprint density at radius 2 is 2.08 bits per heavy atom. The first kappa shape index (κ1) is 17.9. The van der Waals surface area contributed by atoms with Crippen LogP contribution < -0.4 is 4.90 Å². The number of nitrogens with zero attached hydrogens (tertiary/aromatic N) is 3. The first-order valence-electron chi connectivity index (χ1n) is 7.74. The third kappa shape index (κ3) is 4.00. The Kier molecular flexibility index (Phi) is 5.68. The zero-order valence-electron chi connectivity index (χ0n) is 13.4. The Morgan fingerprint density at radius 1 is 1.24 bits per heavy atom. The van der Waals surface area contributed by atoms with Gasteiger partial charge in [-0.1, -0.05) is 36.2 Å². The van der Waals surface area contributed by atoms with Gasteiger partial charge in [-0.2, -0.15) is 0 Å². The van der Waals surface area contributed by atoms with Crippen molar-refractivity contribution in [3.8, 4) is 11.3 Å². The van der Waals surface area contributed by atoms with Crippen LogP contribution in [0.2, 0.25) is 10.0 Å². The average molecular weight is 392 g/mol. The fourth-order valence-corrected chi connectivity index (χ4v) is 3.70. The highest BCUT2D eigenvalue weighted by Gasteiger charge is 2.21. The Balaban J connectivity index is 1.93. The molecule has 0 saturated heterocycles. The van der Waals surface area contributed by atoms with Gasteiger partial charge in [0.05, 0.1) is 10.7 Å². The van der Waals surface area contributed by atoms with Crippen molar-refractivity contribution in [3.63, 3.8) is 0 Å². The maximum Gasteiger partial charge on any atom is 0.278 e. The molecule has 0 atom stereocenters. The number of pyridine rings is 1. The van der Waals surface area contributed by atoms with E-state index in [0.29, 0.717) is 27.4 Å². The molecule has 7 heteroatoms. The zero-order valence-corrected chi connectivity index (χ0v) is 15.8. The zero-order chi connectivity index (χ0) is 17.8. The molecule has 2 aromatic heterocycles. The number of hydrogen-bond donors (Lipinski definition) is 0. The average Bonchev–Trinajstić information content (AvgIpc) is 3.09. The molecule has 0 spiro atoms. The van der Waals surface area contributed by atoms with E-state index in [2.05, 4.69) is 9.97 Å². The van der Waals surface area contributed by atoms with Gasteiger partial charge >= 0.3 is 0 Å². The largest absolute Gasteiger partial charge is 0.283 e. The van der Waals surface area contributed by atoms with E-state index in [1.165, 1.54) is 11.3 Å². The molecule has 0 unspecified atom stereocenters. The summed E-state index contributed by atoms with van der Waals surface area (Å²) in [4.78, 5) is 23.2. The predicted molar refractivity (Wildman–Crippen MR) is 104 cm³/mol. The molecule has 1 amide bonds. The number of carbonyl (C=O) groups excluding carboxylic acids is 1. The first-order valence-corrected chi connectivity index (χ1v) is 9.37. The van der Waals surface area contributed by atoms with Crippen molar-refractivity contribution >= 4 is 45.6 Å². The highest BCUT2D eigenvalue weighted by atomic mass is 35.5. The van der Waals surface area contributed by atoms with Gasteiger partial charge in [0.1, 0.15) is 5.69 Å².